The molecule has 0 aliphatic heterocycles. The molecule has 3 N–H and O–H groups in total. The van der Waals surface area contributed by atoms with Crippen LogP contribution >= 0.6 is 0 Å². The van der Waals surface area contributed by atoms with E-state index in [-0.39, 0.29) is 24.9 Å². The van der Waals surface area contributed by atoms with Crippen LogP contribution in [0.25, 0.3) is 0 Å². The number of unbranched alkanes of at least 4 members (excludes halogenated alkanes) is 42. The largest absolute Gasteiger partial charge is 0.462 e. The Hall–Kier alpha value is -1.14. The number of carbonyl (C=O) groups is 2. The van der Waals surface area contributed by atoms with Crippen molar-refractivity contribution in [1.29, 1.82) is 0 Å². The lowest BCUT2D eigenvalue weighted by molar-refractivity contribution is -0.151. The summed E-state index contributed by atoms with van der Waals surface area (Å²) in [5.41, 5.74) is 0. The minimum Gasteiger partial charge on any atom is -0.462 e. The molecule has 0 rings (SSSR count). The first kappa shape index (κ1) is 62.9. The molecule has 3 atom stereocenters. The summed E-state index contributed by atoms with van der Waals surface area (Å²) in [5, 5.41) is 23.8. The lowest BCUT2D eigenvalue weighted by Crippen LogP contribution is -2.46. The molecule has 1 amide bonds. The van der Waals surface area contributed by atoms with E-state index in [1.54, 1.807) is 0 Å². The second-order valence-electron chi connectivity index (χ2n) is 20.4. The lowest BCUT2D eigenvalue weighted by atomic mass is 10.0. The van der Waals surface area contributed by atoms with E-state index >= 15 is 0 Å². The summed E-state index contributed by atoms with van der Waals surface area (Å²) in [6.45, 7) is 6.53. The summed E-state index contributed by atoms with van der Waals surface area (Å²) in [5.74, 6) is -0.444. The minimum absolute atomic E-state index is 0.0885. The van der Waals surface area contributed by atoms with Crippen molar-refractivity contribution < 1.29 is 24.5 Å². The number of amides is 1. The second kappa shape index (κ2) is 52.8. The van der Waals surface area contributed by atoms with E-state index in [1.807, 2.05) is 0 Å². The van der Waals surface area contributed by atoms with E-state index in [0.717, 1.165) is 38.5 Å². The van der Waals surface area contributed by atoms with Gasteiger partial charge < -0.3 is 20.3 Å². The van der Waals surface area contributed by atoms with Gasteiger partial charge in [-0.25, -0.2) is 0 Å². The van der Waals surface area contributed by atoms with Gasteiger partial charge in [-0.15, -0.1) is 0 Å². The number of rotatable bonds is 54. The highest BCUT2D eigenvalue weighted by atomic mass is 16.5. The molecule has 64 heavy (non-hydrogen) atoms. The van der Waals surface area contributed by atoms with Crippen molar-refractivity contribution in [3.05, 3.63) is 0 Å². The van der Waals surface area contributed by atoms with Gasteiger partial charge in [0, 0.05) is 6.42 Å². The van der Waals surface area contributed by atoms with Crippen LogP contribution in [-0.2, 0) is 14.3 Å². The normalized spacial score (nSPS) is 13.0. The van der Waals surface area contributed by atoms with Crippen molar-refractivity contribution in [2.24, 2.45) is 0 Å². The van der Waals surface area contributed by atoms with Gasteiger partial charge in [-0.05, 0) is 25.7 Å². The maximum atomic E-state index is 13.2. The molecule has 6 nitrogen and oxygen atoms in total. The van der Waals surface area contributed by atoms with Gasteiger partial charge in [-0.1, -0.05) is 297 Å². The Labute approximate surface area is 400 Å². The molecule has 0 saturated heterocycles. The predicted octanol–water partition coefficient (Wildman–Crippen LogP) is 17.9. The van der Waals surface area contributed by atoms with Gasteiger partial charge in [0.2, 0.25) is 5.91 Å². The summed E-state index contributed by atoms with van der Waals surface area (Å²) >= 11 is 0. The third-order valence-electron chi connectivity index (χ3n) is 13.9. The number of ether oxygens (including phenoxy) is 1. The molecule has 0 saturated carbocycles. The van der Waals surface area contributed by atoms with Crippen molar-refractivity contribution in [2.75, 3.05) is 6.61 Å². The molecule has 0 fully saturated rings. The summed E-state index contributed by atoms with van der Waals surface area (Å²) < 4.78 is 5.97. The van der Waals surface area contributed by atoms with Crippen molar-refractivity contribution >= 4 is 11.9 Å². The minimum atomic E-state index is -0.779. The molecule has 0 aliphatic rings. The van der Waals surface area contributed by atoms with Crippen LogP contribution in [0.15, 0.2) is 0 Å². The van der Waals surface area contributed by atoms with E-state index in [1.165, 1.54) is 250 Å². The fraction of sp³-hybridized carbons (Fsp3) is 0.966. The Balaban J connectivity index is 4.44. The molecule has 0 spiro atoms. The highest BCUT2D eigenvalue weighted by Gasteiger charge is 2.24. The average Bonchev–Trinajstić information content (AvgIpc) is 3.29. The van der Waals surface area contributed by atoms with Crippen LogP contribution in [0.3, 0.4) is 0 Å². The van der Waals surface area contributed by atoms with E-state index in [0.29, 0.717) is 19.3 Å². The molecular weight excluding hydrogens is 791 g/mol. The quantitative estimate of drug-likeness (QED) is 0.0417. The van der Waals surface area contributed by atoms with Gasteiger partial charge in [0.05, 0.1) is 25.2 Å². The van der Waals surface area contributed by atoms with Crippen molar-refractivity contribution in [3.63, 3.8) is 0 Å². The Bertz CT molecular complexity index is 928. The van der Waals surface area contributed by atoms with Gasteiger partial charge in [0.15, 0.2) is 0 Å². The number of aliphatic hydroxyl groups is 2. The number of aliphatic hydroxyl groups excluding tert-OH is 2. The van der Waals surface area contributed by atoms with Gasteiger partial charge in [0.25, 0.3) is 0 Å². The van der Waals surface area contributed by atoms with E-state index < -0.39 is 18.2 Å². The molecule has 0 aromatic heterocycles. The first-order valence-corrected chi connectivity index (χ1v) is 29.3. The predicted molar refractivity (Wildman–Crippen MR) is 278 cm³/mol. The lowest BCUT2D eigenvalue weighted by Gasteiger charge is -2.24. The number of esters is 1. The summed E-state index contributed by atoms with van der Waals surface area (Å²) in [6.07, 6.45) is 58.9. The maximum absolute atomic E-state index is 13.2. The van der Waals surface area contributed by atoms with E-state index in [9.17, 15) is 19.8 Å². The topological polar surface area (TPSA) is 95.9 Å². The van der Waals surface area contributed by atoms with Crippen molar-refractivity contribution in [3.8, 4) is 0 Å². The first-order valence-electron chi connectivity index (χ1n) is 29.3. The van der Waals surface area contributed by atoms with Crippen LogP contribution in [0.5, 0.6) is 0 Å². The maximum Gasteiger partial charge on any atom is 0.306 e. The third-order valence-corrected chi connectivity index (χ3v) is 13.9. The van der Waals surface area contributed by atoms with Crippen LogP contribution in [-0.4, -0.2) is 46.9 Å². The standard InChI is InChI=1S/C58H115NO5/c1-4-7-10-13-16-19-22-25-27-28-29-30-31-33-36-39-42-45-48-51-58(63)64-54(49-46-43-40-37-34-32-26-23-20-17-14-11-8-5-2)52-57(62)59-55(53-60)56(61)50-47-44-41-38-35-24-21-18-15-12-9-6-3/h54-56,60-61H,4-53H2,1-3H3,(H,59,62). The fourth-order valence-electron chi connectivity index (χ4n) is 9.49. The summed E-state index contributed by atoms with van der Waals surface area (Å²) in [6, 6.07) is -0.692. The SMILES string of the molecule is CCCCCCCCCCCCCCCCCCCCCC(=O)OC(CCCCCCCCCCCCCCCC)CC(=O)NC(CO)C(O)CCCCCCCCCCCCCC. The molecule has 0 aromatic rings. The van der Waals surface area contributed by atoms with E-state index in [2.05, 4.69) is 26.1 Å². The van der Waals surface area contributed by atoms with Gasteiger partial charge in [-0.3, -0.25) is 9.59 Å². The molecule has 6 heteroatoms. The second-order valence-corrected chi connectivity index (χ2v) is 20.4. The zero-order valence-corrected chi connectivity index (χ0v) is 43.7. The first-order chi connectivity index (χ1) is 31.5. The molecule has 0 radical (unpaired) electrons. The molecule has 382 valence electrons. The van der Waals surface area contributed by atoms with Crippen LogP contribution in [0.1, 0.15) is 335 Å². The summed E-state index contributed by atoms with van der Waals surface area (Å²) in [4.78, 5) is 26.3. The van der Waals surface area contributed by atoms with Gasteiger partial charge >= 0.3 is 5.97 Å². The number of nitrogens with one attached hydrogen (secondary N) is 1. The van der Waals surface area contributed by atoms with Crippen molar-refractivity contribution in [1.82, 2.24) is 5.32 Å². The Morgan fingerprint density at radius 1 is 0.391 bits per heavy atom. The van der Waals surface area contributed by atoms with Crippen LogP contribution in [0.2, 0.25) is 0 Å². The van der Waals surface area contributed by atoms with Crippen LogP contribution in [0, 0.1) is 0 Å². The van der Waals surface area contributed by atoms with Gasteiger partial charge in [-0.2, -0.15) is 0 Å². The van der Waals surface area contributed by atoms with Crippen LogP contribution in [0.4, 0.5) is 0 Å². The molecule has 0 heterocycles. The summed E-state index contributed by atoms with van der Waals surface area (Å²) in [7, 11) is 0. The molecule has 3 unspecified atom stereocenters. The molecule has 0 bridgehead atoms. The van der Waals surface area contributed by atoms with Crippen LogP contribution < -0.4 is 5.32 Å². The highest BCUT2D eigenvalue weighted by Crippen LogP contribution is 2.19. The Morgan fingerprint density at radius 2 is 0.656 bits per heavy atom. The number of hydrogen-bond donors (Lipinski definition) is 3. The van der Waals surface area contributed by atoms with E-state index in [4.69, 9.17) is 4.74 Å². The fourth-order valence-corrected chi connectivity index (χ4v) is 9.49. The highest BCUT2D eigenvalue weighted by molar-refractivity contribution is 5.77. The van der Waals surface area contributed by atoms with Gasteiger partial charge in [0.1, 0.15) is 6.10 Å². The Kier molecular flexibility index (Phi) is 51.9. The number of carbonyl (C=O) groups excluding carboxylic acids is 2. The molecule has 0 aromatic carbocycles. The molecule has 0 aliphatic carbocycles. The smallest absolute Gasteiger partial charge is 0.306 e. The molecular formula is C58H115NO5. The Morgan fingerprint density at radius 3 is 0.953 bits per heavy atom. The number of hydrogen-bond acceptors (Lipinski definition) is 5. The zero-order chi connectivity index (χ0) is 46.7. The zero-order valence-electron chi connectivity index (χ0n) is 43.7. The monoisotopic (exact) mass is 906 g/mol. The third kappa shape index (κ3) is 47.4. The average molecular weight is 907 g/mol. The van der Waals surface area contributed by atoms with Crippen molar-refractivity contribution in [2.45, 2.75) is 354 Å².